The van der Waals surface area contributed by atoms with Gasteiger partial charge in [0.25, 0.3) is 0 Å². The normalized spacial score (nSPS) is 19.1. The number of carbonyl (C=O) groups is 3. The zero-order valence-corrected chi connectivity index (χ0v) is 9.86. The number of nitrogens with two attached hydrogens (primary N) is 1. The van der Waals surface area contributed by atoms with Crippen molar-refractivity contribution >= 4 is 17.7 Å². The summed E-state index contributed by atoms with van der Waals surface area (Å²) in [5.41, 5.74) is 4.94. The molecule has 0 radical (unpaired) electrons. The molecular weight excluding hydrogens is 224 g/mol. The third-order valence-electron chi connectivity index (χ3n) is 2.64. The highest BCUT2D eigenvalue weighted by Crippen LogP contribution is 2.17. The van der Waals surface area contributed by atoms with Crippen LogP contribution in [0, 0.1) is 0 Å². The lowest BCUT2D eigenvalue weighted by Crippen LogP contribution is -2.49. The summed E-state index contributed by atoms with van der Waals surface area (Å²) in [7, 11) is 1.68. The SMILES string of the molecule is CNCC(=O)N1CCC[C@H]1C(=O)NCC(N)=O. The Bertz CT molecular complexity index is 319. The predicted octanol–water partition coefficient (Wildman–Crippen LogP) is -2.20. The second-order valence-corrected chi connectivity index (χ2v) is 3.96. The van der Waals surface area contributed by atoms with E-state index in [4.69, 9.17) is 5.73 Å². The summed E-state index contributed by atoms with van der Waals surface area (Å²) >= 11 is 0. The van der Waals surface area contributed by atoms with Crippen LogP contribution in [0.5, 0.6) is 0 Å². The Hall–Kier alpha value is -1.63. The molecule has 1 saturated heterocycles. The minimum absolute atomic E-state index is 0.107. The van der Waals surface area contributed by atoms with Crippen LogP contribution in [0.3, 0.4) is 0 Å². The van der Waals surface area contributed by atoms with Crippen LogP contribution in [0.4, 0.5) is 0 Å². The largest absolute Gasteiger partial charge is 0.368 e. The number of hydrogen-bond acceptors (Lipinski definition) is 4. The fraction of sp³-hybridized carbons (Fsp3) is 0.700. The van der Waals surface area contributed by atoms with Gasteiger partial charge >= 0.3 is 0 Å². The molecule has 96 valence electrons. The van der Waals surface area contributed by atoms with Crippen molar-refractivity contribution in [3.05, 3.63) is 0 Å². The van der Waals surface area contributed by atoms with E-state index in [9.17, 15) is 14.4 Å². The molecule has 1 aliphatic rings. The van der Waals surface area contributed by atoms with Crippen LogP contribution in [0.1, 0.15) is 12.8 Å². The molecule has 7 heteroatoms. The Morgan fingerprint density at radius 3 is 2.65 bits per heavy atom. The number of primary amides is 1. The molecule has 4 N–H and O–H groups in total. The maximum absolute atomic E-state index is 11.7. The summed E-state index contributed by atoms with van der Waals surface area (Å²) in [6, 6.07) is -0.477. The van der Waals surface area contributed by atoms with Gasteiger partial charge in [-0.25, -0.2) is 0 Å². The van der Waals surface area contributed by atoms with Crippen LogP contribution in [0.25, 0.3) is 0 Å². The number of hydrogen-bond donors (Lipinski definition) is 3. The number of likely N-dealkylation sites (tertiary alicyclic amines) is 1. The van der Waals surface area contributed by atoms with E-state index < -0.39 is 11.9 Å². The number of nitrogens with one attached hydrogen (secondary N) is 2. The van der Waals surface area contributed by atoms with Crippen molar-refractivity contribution < 1.29 is 14.4 Å². The molecule has 1 heterocycles. The Labute approximate surface area is 99.7 Å². The average Bonchev–Trinajstić information content (AvgIpc) is 2.75. The maximum Gasteiger partial charge on any atom is 0.243 e. The first-order valence-electron chi connectivity index (χ1n) is 5.56. The number of rotatable bonds is 5. The monoisotopic (exact) mass is 242 g/mol. The van der Waals surface area contributed by atoms with Gasteiger partial charge in [0.1, 0.15) is 6.04 Å². The third kappa shape index (κ3) is 3.70. The van der Waals surface area contributed by atoms with Crippen molar-refractivity contribution in [1.29, 1.82) is 0 Å². The van der Waals surface area contributed by atoms with Crippen molar-refractivity contribution in [2.75, 3.05) is 26.7 Å². The first kappa shape index (κ1) is 13.4. The highest BCUT2D eigenvalue weighted by Gasteiger charge is 2.33. The quantitative estimate of drug-likeness (QED) is 0.508. The van der Waals surface area contributed by atoms with Gasteiger partial charge in [-0.15, -0.1) is 0 Å². The van der Waals surface area contributed by atoms with Crippen molar-refractivity contribution in [2.45, 2.75) is 18.9 Å². The van der Waals surface area contributed by atoms with Crippen LogP contribution in [0.2, 0.25) is 0 Å². The highest BCUT2D eigenvalue weighted by molar-refractivity contribution is 5.91. The zero-order valence-electron chi connectivity index (χ0n) is 9.86. The average molecular weight is 242 g/mol. The number of carbonyl (C=O) groups excluding carboxylic acids is 3. The van der Waals surface area contributed by atoms with E-state index in [1.54, 1.807) is 7.05 Å². The van der Waals surface area contributed by atoms with Crippen LogP contribution >= 0.6 is 0 Å². The molecule has 0 saturated carbocycles. The van der Waals surface area contributed by atoms with E-state index in [1.807, 2.05) is 0 Å². The Morgan fingerprint density at radius 1 is 1.35 bits per heavy atom. The number of nitrogens with zero attached hydrogens (tertiary/aromatic N) is 1. The molecule has 0 spiro atoms. The Balaban J connectivity index is 2.53. The maximum atomic E-state index is 11.7. The molecule has 0 aromatic rings. The van der Waals surface area contributed by atoms with Crippen molar-refractivity contribution in [2.24, 2.45) is 5.73 Å². The van der Waals surface area contributed by atoms with Crippen molar-refractivity contribution in [3.8, 4) is 0 Å². The van der Waals surface area contributed by atoms with E-state index >= 15 is 0 Å². The van der Waals surface area contributed by atoms with Gasteiger partial charge in [-0.1, -0.05) is 0 Å². The fourth-order valence-electron chi connectivity index (χ4n) is 1.88. The van der Waals surface area contributed by atoms with E-state index in [2.05, 4.69) is 10.6 Å². The molecule has 0 aliphatic carbocycles. The molecular formula is C10H18N4O3. The topological polar surface area (TPSA) is 105 Å². The molecule has 1 fully saturated rings. The lowest BCUT2D eigenvalue weighted by molar-refractivity contribution is -0.138. The Kier molecular flexibility index (Phi) is 4.89. The van der Waals surface area contributed by atoms with Gasteiger partial charge in [0, 0.05) is 6.54 Å². The summed E-state index contributed by atoms with van der Waals surface area (Å²) in [6.45, 7) is 0.595. The summed E-state index contributed by atoms with van der Waals surface area (Å²) in [6.07, 6.45) is 1.42. The molecule has 17 heavy (non-hydrogen) atoms. The van der Waals surface area contributed by atoms with Gasteiger partial charge in [-0.2, -0.15) is 0 Å². The Morgan fingerprint density at radius 2 is 2.06 bits per heavy atom. The third-order valence-corrected chi connectivity index (χ3v) is 2.64. The van der Waals surface area contributed by atoms with Crippen LogP contribution in [-0.2, 0) is 14.4 Å². The molecule has 7 nitrogen and oxygen atoms in total. The van der Waals surface area contributed by atoms with Gasteiger partial charge in [0.15, 0.2) is 0 Å². The molecule has 0 aromatic heterocycles. The van der Waals surface area contributed by atoms with Gasteiger partial charge in [-0.05, 0) is 19.9 Å². The van der Waals surface area contributed by atoms with Gasteiger partial charge in [-0.3, -0.25) is 14.4 Å². The molecule has 1 rings (SSSR count). The van der Waals surface area contributed by atoms with Crippen LogP contribution in [0.15, 0.2) is 0 Å². The molecule has 3 amide bonds. The molecule has 0 bridgehead atoms. The predicted molar refractivity (Wildman–Crippen MR) is 60.9 cm³/mol. The standard InChI is InChI=1S/C10H18N4O3/c1-12-6-9(16)14-4-2-3-7(14)10(17)13-5-8(11)15/h7,12H,2-6H2,1H3,(H2,11,15)(H,13,17)/t7-/m0/s1. The molecule has 1 aliphatic heterocycles. The minimum Gasteiger partial charge on any atom is -0.368 e. The first-order chi connectivity index (χ1) is 8.06. The second kappa shape index (κ2) is 6.19. The summed E-state index contributed by atoms with van der Waals surface area (Å²) in [5.74, 6) is -1.01. The second-order valence-electron chi connectivity index (χ2n) is 3.96. The molecule has 1 atom stereocenters. The lowest BCUT2D eigenvalue weighted by atomic mass is 10.2. The summed E-state index contributed by atoms with van der Waals surface area (Å²) in [5, 5.41) is 5.18. The first-order valence-corrected chi connectivity index (χ1v) is 5.56. The van der Waals surface area contributed by atoms with E-state index in [-0.39, 0.29) is 24.9 Å². The summed E-state index contributed by atoms with van der Waals surface area (Å²) < 4.78 is 0. The number of amides is 3. The zero-order chi connectivity index (χ0) is 12.8. The van der Waals surface area contributed by atoms with E-state index in [0.29, 0.717) is 13.0 Å². The lowest BCUT2D eigenvalue weighted by Gasteiger charge is -2.23. The molecule has 0 unspecified atom stereocenters. The van der Waals surface area contributed by atoms with E-state index in [0.717, 1.165) is 6.42 Å². The van der Waals surface area contributed by atoms with Crippen LogP contribution in [-0.4, -0.2) is 55.3 Å². The highest BCUT2D eigenvalue weighted by atomic mass is 16.2. The number of likely N-dealkylation sites (N-methyl/N-ethyl adjacent to an activating group) is 1. The minimum atomic E-state index is -0.593. The van der Waals surface area contributed by atoms with Crippen molar-refractivity contribution in [1.82, 2.24) is 15.5 Å². The summed E-state index contributed by atoms with van der Waals surface area (Å²) in [4.78, 5) is 35.5. The molecule has 0 aromatic carbocycles. The van der Waals surface area contributed by atoms with Gasteiger partial charge in [0.2, 0.25) is 17.7 Å². The van der Waals surface area contributed by atoms with E-state index in [1.165, 1.54) is 4.90 Å². The van der Waals surface area contributed by atoms with Gasteiger partial charge < -0.3 is 21.3 Å². The van der Waals surface area contributed by atoms with Crippen LogP contribution < -0.4 is 16.4 Å². The fourth-order valence-corrected chi connectivity index (χ4v) is 1.88. The van der Waals surface area contributed by atoms with Gasteiger partial charge in [0.05, 0.1) is 13.1 Å². The van der Waals surface area contributed by atoms with Crippen molar-refractivity contribution in [3.63, 3.8) is 0 Å². The smallest absolute Gasteiger partial charge is 0.243 e.